The van der Waals surface area contributed by atoms with Gasteiger partial charge >= 0.3 is 0 Å². The molecule has 1 fully saturated rings. The highest BCUT2D eigenvalue weighted by atomic mass is 32.2. The summed E-state index contributed by atoms with van der Waals surface area (Å²) in [5, 5.41) is 0.950. The molecule has 1 atom stereocenters. The third-order valence-electron chi connectivity index (χ3n) is 5.88. The van der Waals surface area contributed by atoms with E-state index in [1.54, 1.807) is 29.8 Å². The Balaban J connectivity index is 1.71. The van der Waals surface area contributed by atoms with Gasteiger partial charge < -0.3 is 4.90 Å². The molecule has 7 nitrogen and oxygen atoms in total. The summed E-state index contributed by atoms with van der Waals surface area (Å²) in [6.45, 7) is 3.88. The molecule has 1 saturated heterocycles. The molecule has 0 aliphatic carbocycles. The first kappa shape index (κ1) is 22.5. The number of carbonyl (C=O) groups excluding carboxylic acids is 1. The summed E-state index contributed by atoms with van der Waals surface area (Å²) >= 11 is 1.19. The number of amides is 1. The van der Waals surface area contributed by atoms with Gasteiger partial charge in [0.25, 0.3) is 5.56 Å². The second kappa shape index (κ2) is 8.71. The molecule has 1 aliphatic heterocycles. The van der Waals surface area contributed by atoms with Crippen LogP contribution in [0.5, 0.6) is 0 Å². The van der Waals surface area contributed by atoms with Gasteiger partial charge in [-0.2, -0.15) is 0 Å². The summed E-state index contributed by atoms with van der Waals surface area (Å²) in [7, 11) is -1.44. The molecule has 168 valence electrons. The molecule has 4 rings (SSSR count). The molecule has 0 radical (unpaired) electrons. The number of benzene rings is 2. The van der Waals surface area contributed by atoms with E-state index >= 15 is 0 Å². The highest BCUT2D eigenvalue weighted by molar-refractivity contribution is 7.99. The van der Waals surface area contributed by atoms with E-state index in [1.807, 2.05) is 38.1 Å². The molecule has 9 heteroatoms. The van der Waals surface area contributed by atoms with Crippen molar-refractivity contribution in [2.45, 2.75) is 31.5 Å². The zero-order valence-corrected chi connectivity index (χ0v) is 19.9. The standard InChI is InChI=1S/C23H25N3O4S2/c1-15-7-6-8-16(2)21(15)26-22(28)18-9-4-5-10-19(18)24-23(26)31-13-20(27)25(3)17-11-12-32(29,30)14-17/h4-10,17H,11-14H2,1-3H3. The maximum atomic E-state index is 13.5. The van der Waals surface area contributed by atoms with Crippen molar-refractivity contribution in [3.05, 3.63) is 63.9 Å². The van der Waals surface area contributed by atoms with E-state index in [1.165, 1.54) is 16.7 Å². The fourth-order valence-corrected chi connectivity index (χ4v) is 6.77. The molecule has 2 aromatic carbocycles. The molecule has 0 saturated carbocycles. The first-order chi connectivity index (χ1) is 15.2. The van der Waals surface area contributed by atoms with Gasteiger partial charge in [-0.3, -0.25) is 14.2 Å². The number of rotatable bonds is 5. The molecule has 1 aromatic heterocycles. The predicted molar refractivity (Wildman–Crippen MR) is 127 cm³/mol. The highest BCUT2D eigenvalue weighted by Gasteiger charge is 2.32. The lowest BCUT2D eigenvalue weighted by atomic mass is 10.1. The van der Waals surface area contributed by atoms with Crippen molar-refractivity contribution >= 4 is 38.4 Å². The van der Waals surface area contributed by atoms with Gasteiger partial charge in [-0.25, -0.2) is 13.4 Å². The van der Waals surface area contributed by atoms with Crippen LogP contribution in [0.3, 0.4) is 0 Å². The van der Waals surface area contributed by atoms with Gasteiger partial charge in [-0.1, -0.05) is 42.1 Å². The number of hydrogen-bond donors (Lipinski definition) is 0. The van der Waals surface area contributed by atoms with E-state index in [-0.39, 0.29) is 34.8 Å². The Morgan fingerprint density at radius 1 is 1.16 bits per heavy atom. The van der Waals surface area contributed by atoms with Gasteiger partial charge in [0, 0.05) is 13.1 Å². The van der Waals surface area contributed by atoms with Crippen molar-refractivity contribution < 1.29 is 13.2 Å². The molecular weight excluding hydrogens is 446 g/mol. The smallest absolute Gasteiger partial charge is 0.266 e. The zero-order chi connectivity index (χ0) is 23.0. The molecule has 1 unspecified atom stereocenters. The lowest BCUT2D eigenvalue weighted by molar-refractivity contribution is -0.128. The lowest BCUT2D eigenvalue weighted by Gasteiger charge is -2.23. The van der Waals surface area contributed by atoms with E-state index in [2.05, 4.69) is 0 Å². The number of carbonyl (C=O) groups is 1. The minimum absolute atomic E-state index is 0.00123. The Labute approximate surface area is 191 Å². The van der Waals surface area contributed by atoms with Crippen LogP contribution in [0.15, 0.2) is 52.4 Å². The molecular formula is C23H25N3O4S2. The van der Waals surface area contributed by atoms with Crippen molar-refractivity contribution in [2.75, 3.05) is 24.3 Å². The van der Waals surface area contributed by atoms with E-state index in [0.717, 1.165) is 16.8 Å². The van der Waals surface area contributed by atoms with Crippen LogP contribution < -0.4 is 5.56 Å². The SMILES string of the molecule is Cc1cccc(C)c1-n1c(SCC(=O)N(C)C2CCS(=O)(=O)C2)nc2ccccc2c1=O. The summed E-state index contributed by atoms with van der Waals surface area (Å²) in [5.41, 5.74) is 3.03. The summed E-state index contributed by atoms with van der Waals surface area (Å²) in [5.74, 6) is -0.0160. The van der Waals surface area contributed by atoms with E-state index in [9.17, 15) is 18.0 Å². The maximum absolute atomic E-state index is 13.5. The monoisotopic (exact) mass is 471 g/mol. The fraction of sp³-hybridized carbons (Fsp3) is 0.348. The highest BCUT2D eigenvalue weighted by Crippen LogP contribution is 2.26. The van der Waals surface area contributed by atoms with Crippen molar-refractivity contribution in [1.82, 2.24) is 14.5 Å². The van der Waals surface area contributed by atoms with Crippen LogP contribution >= 0.6 is 11.8 Å². The summed E-state index contributed by atoms with van der Waals surface area (Å²) < 4.78 is 25.2. The molecule has 1 amide bonds. The van der Waals surface area contributed by atoms with Gasteiger partial charge in [0.2, 0.25) is 5.91 Å². The Kier molecular flexibility index (Phi) is 6.13. The van der Waals surface area contributed by atoms with Crippen LogP contribution in [-0.4, -0.2) is 59.1 Å². The average molecular weight is 472 g/mol. The van der Waals surface area contributed by atoms with Gasteiger partial charge in [0.1, 0.15) is 0 Å². The van der Waals surface area contributed by atoms with Gasteiger partial charge in [0.15, 0.2) is 15.0 Å². The van der Waals surface area contributed by atoms with Crippen LogP contribution in [0.2, 0.25) is 0 Å². The van der Waals surface area contributed by atoms with Crippen LogP contribution in [0.25, 0.3) is 16.6 Å². The second-order valence-electron chi connectivity index (χ2n) is 8.14. The summed E-state index contributed by atoms with van der Waals surface area (Å²) in [4.78, 5) is 32.5. The fourth-order valence-electron chi connectivity index (χ4n) is 4.08. The molecule has 1 aliphatic rings. The van der Waals surface area contributed by atoms with Crippen LogP contribution in [0.1, 0.15) is 17.5 Å². The topological polar surface area (TPSA) is 89.3 Å². The van der Waals surface area contributed by atoms with Crippen LogP contribution in [-0.2, 0) is 14.6 Å². The molecule has 2 heterocycles. The number of aryl methyl sites for hydroxylation is 2. The number of para-hydroxylation sites is 2. The molecule has 0 spiro atoms. The van der Waals surface area contributed by atoms with Gasteiger partial charge in [-0.05, 0) is 43.5 Å². The van der Waals surface area contributed by atoms with Gasteiger partial charge in [-0.15, -0.1) is 0 Å². The van der Waals surface area contributed by atoms with E-state index < -0.39 is 9.84 Å². The quantitative estimate of drug-likeness (QED) is 0.420. The van der Waals surface area contributed by atoms with Crippen LogP contribution in [0.4, 0.5) is 0 Å². The first-order valence-electron chi connectivity index (χ1n) is 10.4. The number of sulfone groups is 1. The molecule has 0 N–H and O–H groups in total. The van der Waals surface area contributed by atoms with Crippen molar-refractivity contribution in [3.8, 4) is 5.69 Å². The molecule has 0 bridgehead atoms. The Morgan fingerprint density at radius 2 is 1.84 bits per heavy atom. The lowest BCUT2D eigenvalue weighted by Crippen LogP contribution is -2.39. The zero-order valence-electron chi connectivity index (χ0n) is 18.2. The predicted octanol–water partition coefficient (Wildman–Crippen LogP) is 2.74. The Hall–Kier alpha value is -2.65. The third-order valence-corrected chi connectivity index (χ3v) is 8.56. The van der Waals surface area contributed by atoms with E-state index in [0.29, 0.717) is 22.5 Å². The first-order valence-corrected chi connectivity index (χ1v) is 13.2. The minimum Gasteiger partial charge on any atom is -0.341 e. The maximum Gasteiger partial charge on any atom is 0.266 e. The van der Waals surface area contributed by atoms with Crippen molar-refractivity contribution in [3.63, 3.8) is 0 Å². The van der Waals surface area contributed by atoms with Crippen molar-refractivity contribution in [1.29, 1.82) is 0 Å². The average Bonchev–Trinajstić information content (AvgIpc) is 3.12. The summed E-state index contributed by atoms with van der Waals surface area (Å²) in [6.07, 6.45) is 0.455. The normalized spacial score (nSPS) is 17.5. The number of nitrogens with zero attached hydrogens (tertiary/aromatic N) is 3. The number of aromatic nitrogens is 2. The molecule has 32 heavy (non-hydrogen) atoms. The van der Waals surface area contributed by atoms with Gasteiger partial charge in [0.05, 0.1) is 33.8 Å². The van der Waals surface area contributed by atoms with E-state index in [4.69, 9.17) is 4.98 Å². The second-order valence-corrected chi connectivity index (χ2v) is 11.3. The van der Waals surface area contributed by atoms with Crippen LogP contribution in [0, 0.1) is 13.8 Å². The largest absolute Gasteiger partial charge is 0.341 e. The molecule has 3 aromatic rings. The Bertz CT molecular complexity index is 1350. The minimum atomic E-state index is -3.08. The third kappa shape index (κ3) is 4.31. The number of hydrogen-bond acceptors (Lipinski definition) is 6. The summed E-state index contributed by atoms with van der Waals surface area (Å²) in [6, 6.07) is 12.7. The number of fused-ring (bicyclic) bond motifs is 1. The Morgan fingerprint density at radius 3 is 2.50 bits per heavy atom. The van der Waals surface area contributed by atoms with Crippen molar-refractivity contribution in [2.24, 2.45) is 0 Å². The number of thioether (sulfide) groups is 1.